The number of alkyl halides is 4. The maximum absolute atomic E-state index is 14.9. The SMILES string of the molecule is Cn1ccc(-c2ccc([C@@]3(CC(C)(C)C)N=C(N)N([C@H](COC(=O)N[C@H]4CC4(F)F)c4ccc(Cl)c(N5N=CN=CC5(F)F)c4)C3=O)cc2)n1. The molecule has 3 heterocycles. The zero-order valence-corrected chi connectivity index (χ0v) is 28.2. The molecule has 2 aliphatic heterocycles. The number of hydrogen-bond donors (Lipinski definition) is 2. The number of nitrogens with zero attached hydrogens (tertiary/aromatic N) is 7. The lowest BCUT2D eigenvalue weighted by Gasteiger charge is -2.35. The fourth-order valence-electron chi connectivity index (χ4n) is 6.05. The summed E-state index contributed by atoms with van der Waals surface area (Å²) in [6.45, 7) is 5.19. The largest absolute Gasteiger partial charge is 0.447 e. The van der Waals surface area contributed by atoms with Gasteiger partial charge in [0.25, 0.3) is 11.8 Å². The normalized spacial score (nSPS) is 22.8. The van der Waals surface area contributed by atoms with Crippen LogP contribution in [-0.4, -0.2) is 69.8 Å². The first-order valence-electron chi connectivity index (χ1n) is 15.6. The first-order valence-corrected chi connectivity index (χ1v) is 15.9. The third kappa shape index (κ3) is 6.75. The second-order valence-corrected chi connectivity index (χ2v) is 14.0. The molecule has 0 radical (unpaired) electrons. The minimum Gasteiger partial charge on any atom is -0.447 e. The quantitative estimate of drug-likeness (QED) is 0.211. The Bertz CT molecular complexity index is 1910. The Morgan fingerprint density at radius 2 is 1.84 bits per heavy atom. The topological polar surface area (TPSA) is 143 Å². The highest BCUT2D eigenvalue weighted by Crippen LogP contribution is 2.46. The van der Waals surface area contributed by atoms with Crippen molar-refractivity contribution in [2.24, 2.45) is 33.3 Å². The monoisotopic (exact) mass is 715 g/mol. The van der Waals surface area contributed by atoms with Crippen molar-refractivity contribution in [3.8, 4) is 11.3 Å². The van der Waals surface area contributed by atoms with E-state index in [0.29, 0.717) is 16.8 Å². The van der Waals surface area contributed by atoms with Gasteiger partial charge in [-0.25, -0.2) is 23.6 Å². The lowest BCUT2D eigenvalue weighted by Crippen LogP contribution is -2.48. The molecule has 0 unspecified atom stereocenters. The number of hydrazone groups is 1. The number of carbonyl (C=O) groups excluding carboxylic acids is 2. The first-order chi connectivity index (χ1) is 23.4. The number of ether oxygens (including phenoxy) is 1. The summed E-state index contributed by atoms with van der Waals surface area (Å²) in [5, 5.41) is 10.4. The van der Waals surface area contributed by atoms with Gasteiger partial charge in [0.1, 0.15) is 19.0 Å². The molecule has 50 heavy (non-hydrogen) atoms. The third-order valence-electron chi connectivity index (χ3n) is 8.41. The molecule has 1 saturated carbocycles. The number of halogens is 5. The molecule has 0 bridgehead atoms. The Morgan fingerprint density at radius 3 is 2.44 bits per heavy atom. The number of nitrogens with two attached hydrogens (primary N) is 1. The molecule has 3 aromatic rings. The highest BCUT2D eigenvalue weighted by atomic mass is 35.5. The lowest BCUT2D eigenvalue weighted by molar-refractivity contribution is -0.135. The van der Waals surface area contributed by atoms with Crippen molar-refractivity contribution in [2.75, 3.05) is 11.6 Å². The summed E-state index contributed by atoms with van der Waals surface area (Å²) < 4.78 is 63.9. The molecule has 1 aromatic heterocycles. The van der Waals surface area contributed by atoms with Crippen LogP contribution in [0.25, 0.3) is 11.3 Å². The standard InChI is InChI=1S/C33H34ClF4N9O3/c1-30(2,3)16-31(21-8-5-19(6-9-21)23-11-12-45(4)44-23)27(48)46(28(39)43-31)25(15-50-29(49)42-26-14-32(26,35)36)20-7-10-22(34)24(13-20)47-33(37,38)17-40-18-41-47/h5-13,17-18,25-26H,14-16H2,1-4H3,(H2,39,43)(H,42,49)/t25-,26+,31-/m1/s1. The molecular formula is C33H34ClF4N9O3. The number of hydrogen-bond acceptors (Lipinski definition) is 9. The number of benzene rings is 2. The molecule has 3 N–H and O–H groups in total. The highest BCUT2D eigenvalue weighted by molar-refractivity contribution is 6.33. The van der Waals surface area contributed by atoms with Crippen LogP contribution in [0.1, 0.15) is 50.8 Å². The van der Waals surface area contributed by atoms with Gasteiger partial charge in [0.15, 0.2) is 11.5 Å². The van der Waals surface area contributed by atoms with E-state index in [1.54, 1.807) is 30.1 Å². The third-order valence-corrected chi connectivity index (χ3v) is 8.73. The van der Waals surface area contributed by atoms with Crippen molar-refractivity contribution in [2.45, 2.75) is 63.2 Å². The molecule has 264 valence electrons. The van der Waals surface area contributed by atoms with Gasteiger partial charge >= 0.3 is 12.1 Å². The van der Waals surface area contributed by atoms with Gasteiger partial charge in [0.2, 0.25) is 0 Å². The number of nitrogens with one attached hydrogen (secondary N) is 1. The second kappa shape index (κ2) is 12.4. The van der Waals surface area contributed by atoms with Crippen molar-refractivity contribution >= 4 is 47.8 Å². The van der Waals surface area contributed by atoms with Crippen molar-refractivity contribution in [1.82, 2.24) is 20.0 Å². The Morgan fingerprint density at radius 1 is 1.14 bits per heavy atom. The van der Waals surface area contributed by atoms with Crippen LogP contribution in [0.5, 0.6) is 0 Å². The number of guanidine groups is 1. The Kier molecular flexibility index (Phi) is 8.65. The summed E-state index contributed by atoms with van der Waals surface area (Å²) in [6, 6.07) is 6.69. The van der Waals surface area contributed by atoms with E-state index < -0.39 is 60.0 Å². The van der Waals surface area contributed by atoms with E-state index >= 15 is 0 Å². The van der Waals surface area contributed by atoms with Crippen LogP contribution in [-0.2, 0) is 22.1 Å². The molecule has 17 heteroatoms. The van der Waals surface area contributed by atoms with Gasteiger partial charge in [-0.3, -0.25) is 14.4 Å². The lowest BCUT2D eigenvalue weighted by atomic mass is 9.75. The zero-order valence-electron chi connectivity index (χ0n) is 27.4. The molecule has 12 nitrogen and oxygen atoms in total. The maximum atomic E-state index is 14.9. The number of aliphatic imine (C=N–C) groups is 2. The van der Waals surface area contributed by atoms with Gasteiger partial charge in [-0.2, -0.15) is 24.0 Å². The summed E-state index contributed by atoms with van der Waals surface area (Å²) in [5.74, 6) is -3.88. The predicted octanol–water partition coefficient (Wildman–Crippen LogP) is 5.83. The molecule has 1 fully saturated rings. The number of alkyl carbamates (subject to hydrolysis) is 1. The smallest absolute Gasteiger partial charge is 0.407 e. The highest BCUT2D eigenvalue weighted by Gasteiger charge is 2.58. The van der Waals surface area contributed by atoms with Gasteiger partial charge in [0.05, 0.1) is 28.7 Å². The number of aromatic nitrogens is 2. The van der Waals surface area contributed by atoms with E-state index in [4.69, 9.17) is 27.1 Å². The summed E-state index contributed by atoms with van der Waals surface area (Å²) in [5.41, 5.74) is 6.48. The van der Waals surface area contributed by atoms with Gasteiger partial charge in [-0.15, -0.1) is 0 Å². The average molecular weight is 716 g/mol. The van der Waals surface area contributed by atoms with Crippen molar-refractivity contribution in [3.05, 3.63) is 70.9 Å². The molecule has 0 saturated heterocycles. The molecule has 0 spiro atoms. The molecule has 1 aliphatic carbocycles. The predicted molar refractivity (Wildman–Crippen MR) is 179 cm³/mol. The van der Waals surface area contributed by atoms with Gasteiger partial charge in [-0.1, -0.05) is 62.7 Å². The maximum Gasteiger partial charge on any atom is 0.407 e. The summed E-state index contributed by atoms with van der Waals surface area (Å²) in [4.78, 5) is 36.7. The second-order valence-electron chi connectivity index (χ2n) is 13.6. The van der Waals surface area contributed by atoms with E-state index in [1.165, 1.54) is 18.2 Å². The Labute approximate surface area is 289 Å². The van der Waals surface area contributed by atoms with Gasteiger partial charge < -0.3 is 15.8 Å². The summed E-state index contributed by atoms with van der Waals surface area (Å²) in [7, 11) is 1.80. The molecule has 3 aliphatic rings. The van der Waals surface area contributed by atoms with Crippen LogP contribution >= 0.6 is 11.6 Å². The van der Waals surface area contributed by atoms with Gasteiger partial charge in [0, 0.05) is 25.2 Å². The first kappa shape index (κ1) is 34.9. The fourth-order valence-corrected chi connectivity index (χ4v) is 6.24. The van der Waals surface area contributed by atoms with Crippen molar-refractivity contribution < 1.29 is 31.9 Å². The van der Waals surface area contributed by atoms with Crippen molar-refractivity contribution in [3.63, 3.8) is 0 Å². The Balaban J connectivity index is 1.39. The average Bonchev–Trinajstić information content (AvgIpc) is 3.29. The number of rotatable bonds is 9. The molecule has 6 rings (SSSR count). The summed E-state index contributed by atoms with van der Waals surface area (Å²) in [6.07, 6.45) is 1.59. The number of aryl methyl sites for hydroxylation is 1. The minimum absolute atomic E-state index is 0.112. The summed E-state index contributed by atoms with van der Waals surface area (Å²) >= 11 is 6.36. The molecule has 3 atom stereocenters. The number of anilines is 1. The fraction of sp³-hybridized carbons (Fsp3) is 0.394. The van der Waals surface area contributed by atoms with E-state index in [1.807, 2.05) is 39.0 Å². The van der Waals surface area contributed by atoms with E-state index in [0.717, 1.165) is 22.5 Å². The van der Waals surface area contributed by atoms with E-state index in [9.17, 15) is 27.2 Å². The van der Waals surface area contributed by atoms with Crippen LogP contribution in [0, 0.1) is 5.41 Å². The molecular weight excluding hydrogens is 682 g/mol. The Hall–Kier alpha value is -4.99. The van der Waals surface area contributed by atoms with Crippen LogP contribution < -0.4 is 16.1 Å². The van der Waals surface area contributed by atoms with Crippen LogP contribution in [0.15, 0.2) is 69.8 Å². The number of carbonyl (C=O) groups is 2. The zero-order chi connectivity index (χ0) is 36.2. The minimum atomic E-state index is -3.66. The molecule has 2 amide bonds. The van der Waals surface area contributed by atoms with Crippen molar-refractivity contribution in [1.29, 1.82) is 0 Å². The van der Waals surface area contributed by atoms with Crippen LogP contribution in [0.2, 0.25) is 5.02 Å². The van der Waals surface area contributed by atoms with E-state index in [2.05, 4.69) is 20.5 Å². The molecule has 2 aromatic carbocycles. The van der Waals surface area contributed by atoms with Gasteiger partial charge in [-0.05, 0) is 41.2 Å². The van der Waals surface area contributed by atoms with Crippen LogP contribution in [0.4, 0.5) is 28.0 Å². The van der Waals surface area contributed by atoms with E-state index in [-0.39, 0.29) is 28.7 Å². The van der Waals surface area contributed by atoms with Crippen LogP contribution in [0.3, 0.4) is 0 Å². The number of amides is 2.